The minimum atomic E-state index is -4.80. The van der Waals surface area contributed by atoms with Crippen molar-refractivity contribution in [2.75, 3.05) is 37.5 Å². The standard InChI is InChI=1S/C26H26F4N6O2/c1-10-11(2)33-22-17-16(10)19(27)20(13-5-15(31)32-12(3)18(13)26(28,29)30)34-23(17)38-9-25-14-6-24(8-37-4,7-36(22)25)35-21(14)25/h5,14,21,35H,6-9H2,1-4H3,(H2,31,32)/t14?,21-,24+,25+/m0/s1. The van der Waals surface area contributed by atoms with E-state index in [0.29, 0.717) is 35.6 Å². The van der Waals surface area contributed by atoms with Crippen molar-refractivity contribution in [3.63, 3.8) is 0 Å². The zero-order valence-electron chi connectivity index (χ0n) is 21.3. The lowest BCUT2D eigenvalue weighted by atomic mass is 9.85. The summed E-state index contributed by atoms with van der Waals surface area (Å²) in [6.45, 7) is 6.04. The van der Waals surface area contributed by atoms with Crippen molar-refractivity contribution in [2.45, 2.75) is 50.5 Å². The van der Waals surface area contributed by atoms with Crippen molar-refractivity contribution in [2.24, 2.45) is 5.92 Å². The van der Waals surface area contributed by atoms with Crippen molar-refractivity contribution in [1.82, 2.24) is 20.3 Å². The molecule has 1 spiro atoms. The molecule has 3 N–H and O–H groups in total. The van der Waals surface area contributed by atoms with Crippen molar-refractivity contribution in [3.8, 4) is 17.1 Å². The van der Waals surface area contributed by atoms with E-state index in [4.69, 9.17) is 20.2 Å². The highest BCUT2D eigenvalue weighted by Crippen LogP contribution is 2.64. The second-order valence-electron chi connectivity index (χ2n) is 11.0. The summed E-state index contributed by atoms with van der Waals surface area (Å²) in [6.07, 6.45) is -3.89. The molecule has 38 heavy (non-hydrogen) atoms. The molecular weight excluding hydrogens is 504 g/mol. The monoisotopic (exact) mass is 530 g/mol. The molecule has 1 aliphatic carbocycles. The topological polar surface area (TPSA) is 98.4 Å². The van der Waals surface area contributed by atoms with Gasteiger partial charge >= 0.3 is 6.18 Å². The number of methoxy groups -OCH3 is 1. The molecule has 7 heterocycles. The first-order chi connectivity index (χ1) is 17.9. The fourth-order valence-electron chi connectivity index (χ4n) is 7.22. The number of rotatable bonds is 3. The maximum Gasteiger partial charge on any atom is 0.418 e. The average Bonchev–Trinajstić information content (AvgIpc) is 3.33. The first-order valence-electron chi connectivity index (χ1n) is 12.4. The molecule has 3 aromatic heterocycles. The van der Waals surface area contributed by atoms with E-state index in [1.807, 2.05) is 0 Å². The van der Waals surface area contributed by atoms with Gasteiger partial charge in [0, 0.05) is 42.3 Å². The Kier molecular flexibility index (Phi) is 4.54. The zero-order valence-corrected chi connectivity index (χ0v) is 21.3. The highest BCUT2D eigenvalue weighted by atomic mass is 19.4. The van der Waals surface area contributed by atoms with Gasteiger partial charge in [0.2, 0.25) is 5.88 Å². The van der Waals surface area contributed by atoms with Crippen LogP contribution in [0.3, 0.4) is 0 Å². The summed E-state index contributed by atoms with van der Waals surface area (Å²) in [7, 11) is 1.67. The van der Waals surface area contributed by atoms with Gasteiger partial charge in [0.1, 0.15) is 23.9 Å². The number of hydrogen-bond acceptors (Lipinski definition) is 8. The Morgan fingerprint density at radius 1 is 1.18 bits per heavy atom. The summed E-state index contributed by atoms with van der Waals surface area (Å²) in [5, 5.41) is 4.24. The third-order valence-electron chi connectivity index (χ3n) is 8.90. The molecule has 0 aromatic carbocycles. The number of anilines is 2. The first-order valence-corrected chi connectivity index (χ1v) is 12.4. The van der Waals surface area contributed by atoms with Crippen LogP contribution >= 0.6 is 0 Å². The van der Waals surface area contributed by atoms with Crippen LogP contribution in [-0.4, -0.2) is 58.9 Å². The molecule has 12 heteroatoms. The van der Waals surface area contributed by atoms with Gasteiger partial charge in [-0.25, -0.2) is 19.3 Å². The SMILES string of the molecule is COC[C@]12CC3[C@H](N1)[C@@]31COc3nc(-c4cc(N)nc(C)c4C(F)(F)F)c(F)c4c(C)c(C)nc(c34)N1C2. The van der Waals surface area contributed by atoms with Crippen LogP contribution in [0.2, 0.25) is 0 Å². The van der Waals surface area contributed by atoms with Gasteiger partial charge in [-0.2, -0.15) is 13.2 Å². The summed E-state index contributed by atoms with van der Waals surface area (Å²) in [5.41, 5.74) is 3.90. The molecule has 1 saturated carbocycles. The van der Waals surface area contributed by atoms with Crippen LogP contribution in [0.4, 0.5) is 29.2 Å². The minimum absolute atomic E-state index is 0.0653. The Morgan fingerprint density at radius 2 is 1.95 bits per heavy atom. The lowest BCUT2D eigenvalue weighted by molar-refractivity contribution is -0.137. The second kappa shape index (κ2) is 7.23. The first kappa shape index (κ1) is 23.8. The van der Waals surface area contributed by atoms with Crippen LogP contribution in [0.1, 0.15) is 28.9 Å². The lowest BCUT2D eigenvalue weighted by Crippen LogP contribution is -2.68. The van der Waals surface area contributed by atoms with E-state index >= 15 is 4.39 Å². The number of halogens is 4. The highest BCUT2D eigenvalue weighted by Gasteiger charge is 2.79. The summed E-state index contributed by atoms with van der Waals surface area (Å²) < 4.78 is 70.7. The molecule has 8 rings (SSSR count). The molecule has 0 radical (unpaired) electrons. The molecule has 8 nitrogen and oxygen atoms in total. The quantitative estimate of drug-likeness (QED) is 0.495. The molecule has 4 atom stereocenters. The fourth-order valence-corrected chi connectivity index (χ4v) is 7.22. The summed E-state index contributed by atoms with van der Waals surface area (Å²) in [6, 6.07) is 1.16. The summed E-state index contributed by atoms with van der Waals surface area (Å²) in [5.74, 6) is -0.141. The number of aryl methyl sites for hydroxylation is 3. The maximum atomic E-state index is 16.5. The van der Waals surface area contributed by atoms with Crippen molar-refractivity contribution < 1.29 is 27.0 Å². The van der Waals surface area contributed by atoms with Gasteiger partial charge in [-0.3, -0.25) is 0 Å². The van der Waals surface area contributed by atoms with Crippen LogP contribution in [0.5, 0.6) is 5.88 Å². The lowest BCUT2D eigenvalue weighted by Gasteiger charge is -2.49. The highest BCUT2D eigenvalue weighted by molar-refractivity contribution is 6.02. The number of alkyl halides is 3. The van der Waals surface area contributed by atoms with Crippen LogP contribution in [0, 0.1) is 32.5 Å². The summed E-state index contributed by atoms with van der Waals surface area (Å²) in [4.78, 5) is 15.2. The number of hydrogen-bond donors (Lipinski definition) is 2. The molecule has 4 fully saturated rings. The van der Waals surface area contributed by atoms with Gasteiger partial charge < -0.3 is 25.4 Å². The van der Waals surface area contributed by atoms with Gasteiger partial charge in [0.25, 0.3) is 0 Å². The predicted octanol–water partition coefficient (Wildman–Crippen LogP) is 3.69. The Balaban J connectivity index is 1.51. The van der Waals surface area contributed by atoms with Gasteiger partial charge in [-0.15, -0.1) is 0 Å². The molecule has 1 unspecified atom stereocenters. The Hall–Kier alpha value is -3.25. The maximum absolute atomic E-state index is 16.5. The van der Waals surface area contributed by atoms with E-state index in [2.05, 4.69) is 20.2 Å². The van der Waals surface area contributed by atoms with Crippen LogP contribution in [-0.2, 0) is 10.9 Å². The molecule has 3 aromatic rings. The molecule has 4 aliphatic heterocycles. The molecular formula is C26H26F4N6O2. The second-order valence-corrected chi connectivity index (χ2v) is 11.0. The number of piperazine rings is 1. The summed E-state index contributed by atoms with van der Waals surface area (Å²) >= 11 is 0. The third-order valence-corrected chi connectivity index (χ3v) is 8.90. The van der Waals surface area contributed by atoms with E-state index in [-0.39, 0.29) is 52.4 Å². The number of nitrogens with zero attached hydrogens (tertiary/aromatic N) is 4. The number of nitrogen functional groups attached to an aromatic ring is 1. The van der Waals surface area contributed by atoms with Crippen molar-refractivity contribution in [3.05, 3.63) is 34.4 Å². The number of piperidine rings is 2. The molecule has 3 saturated heterocycles. The fraction of sp³-hybridized carbons (Fsp3) is 0.500. The van der Waals surface area contributed by atoms with E-state index < -0.39 is 28.8 Å². The number of nitrogens with two attached hydrogens (primary N) is 1. The normalized spacial score (nSPS) is 28.8. The van der Waals surface area contributed by atoms with Crippen LogP contribution in [0.15, 0.2) is 6.07 Å². The smallest absolute Gasteiger partial charge is 0.418 e. The van der Waals surface area contributed by atoms with Crippen LogP contribution < -0.4 is 20.7 Å². The molecule has 4 bridgehead atoms. The van der Waals surface area contributed by atoms with E-state index in [0.717, 1.165) is 12.5 Å². The Bertz CT molecular complexity index is 1550. The Morgan fingerprint density at radius 3 is 2.61 bits per heavy atom. The molecule has 0 amide bonds. The molecule has 200 valence electrons. The number of aromatic nitrogens is 3. The zero-order chi connectivity index (χ0) is 26.9. The van der Waals surface area contributed by atoms with E-state index in [1.54, 1.807) is 21.0 Å². The molecule has 5 aliphatic rings. The predicted molar refractivity (Wildman–Crippen MR) is 132 cm³/mol. The van der Waals surface area contributed by atoms with E-state index in [1.165, 1.54) is 6.92 Å². The van der Waals surface area contributed by atoms with Gasteiger partial charge in [-0.1, -0.05) is 0 Å². The largest absolute Gasteiger partial charge is 0.475 e. The minimum Gasteiger partial charge on any atom is -0.475 e. The van der Waals surface area contributed by atoms with Crippen molar-refractivity contribution in [1.29, 1.82) is 0 Å². The number of nitrogens with one attached hydrogen (secondary N) is 1. The Labute approximate surface area is 215 Å². The van der Waals surface area contributed by atoms with E-state index in [9.17, 15) is 13.2 Å². The average molecular weight is 531 g/mol. The van der Waals surface area contributed by atoms with Crippen LogP contribution in [0.25, 0.3) is 22.0 Å². The number of pyridine rings is 3. The van der Waals surface area contributed by atoms with Gasteiger partial charge in [0.05, 0.1) is 34.3 Å². The third kappa shape index (κ3) is 2.84. The van der Waals surface area contributed by atoms with Gasteiger partial charge in [-0.05, 0) is 38.8 Å². The van der Waals surface area contributed by atoms with Gasteiger partial charge in [0.15, 0.2) is 5.82 Å². The number of ether oxygens (including phenoxy) is 2. The van der Waals surface area contributed by atoms with Crippen molar-refractivity contribution >= 4 is 22.4 Å².